The van der Waals surface area contributed by atoms with Crippen molar-refractivity contribution in [2.45, 2.75) is 39.7 Å². The Hall–Kier alpha value is -1.31. The van der Waals surface area contributed by atoms with E-state index in [1.165, 1.54) is 5.56 Å². The van der Waals surface area contributed by atoms with Crippen LogP contribution in [0.5, 0.6) is 0 Å². The van der Waals surface area contributed by atoms with Crippen LogP contribution in [0, 0.1) is 5.92 Å². The maximum atomic E-state index is 11.5. The summed E-state index contributed by atoms with van der Waals surface area (Å²) in [5, 5.41) is 3.08. The molecule has 0 aliphatic rings. The van der Waals surface area contributed by atoms with Gasteiger partial charge in [-0.3, -0.25) is 4.79 Å². The predicted molar refractivity (Wildman–Crippen MR) is 67.1 cm³/mol. The minimum atomic E-state index is 0.120. The first kappa shape index (κ1) is 12.8. The normalized spacial score (nSPS) is 12.5. The lowest BCUT2D eigenvalue weighted by molar-refractivity contribution is -0.121. The van der Waals surface area contributed by atoms with Gasteiger partial charge in [-0.1, -0.05) is 51.1 Å². The molecule has 1 amide bonds. The molecular weight excluding hydrogens is 198 g/mol. The van der Waals surface area contributed by atoms with Crippen LogP contribution in [0.1, 0.15) is 45.2 Å². The molecule has 0 fully saturated rings. The van der Waals surface area contributed by atoms with E-state index >= 15 is 0 Å². The largest absolute Gasteiger partial charge is 0.349 e. The van der Waals surface area contributed by atoms with Gasteiger partial charge in [0.2, 0.25) is 5.91 Å². The molecule has 0 spiro atoms. The smallest absolute Gasteiger partial charge is 0.220 e. The second-order valence-electron chi connectivity index (χ2n) is 4.51. The first-order valence-corrected chi connectivity index (χ1v) is 5.97. The zero-order chi connectivity index (χ0) is 12.0. The topological polar surface area (TPSA) is 29.1 Å². The van der Waals surface area contributed by atoms with Crippen molar-refractivity contribution in [2.75, 3.05) is 0 Å². The number of rotatable bonds is 5. The molecule has 0 aliphatic carbocycles. The summed E-state index contributed by atoms with van der Waals surface area (Å²) in [4.78, 5) is 11.5. The highest BCUT2D eigenvalue weighted by molar-refractivity contribution is 5.76. The number of hydrogen-bond acceptors (Lipinski definition) is 1. The standard InChI is InChI=1S/C14H21NO/c1-4-14(16)15-13(10-11(2)3)12-8-6-5-7-9-12/h5-9,11,13H,4,10H2,1-3H3,(H,15,16)/t13-/m0/s1. The van der Waals surface area contributed by atoms with Crippen LogP contribution in [0.2, 0.25) is 0 Å². The lowest BCUT2D eigenvalue weighted by atomic mass is 9.97. The van der Waals surface area contributed by atoms with E-state index < -0.39 is 0 Å². The van der Waals surface area contributed by atoms with Crippen LogP contribution in [0.3, 0.4) is 0 Å². The van der Waals surface area contributed by atoms with Gasteiger partial charge in [-0.05, 0) is 17.9 Å². The summed E-state index contributed by atoms with van der Waals surface area (Å²) in [6, 6.07) is 10.3. The fourth-order valence-corrected chi connectivity index (χ4v) is 1.73. The molecule has 1 atom stereocenters. The Bertz CT molecular complexity index is 319. The monoisotopic (exact) mass is 219 g/mol. The maximum Gasteiger partial charge on any atom is 0.220 e. The molecule has 0 aliphatic heterocycles. The molecule has 2 nitrogen and oxygen atoms in total. The SMILES string of the molecule is CCC(=O)N[C@@H](CC(C)C)c1ccccc1. The van der Waals surface area contributed by atoms with E-state index in [1.54, 1.807) is 0 Å². The van der Waals surface area contributed by atoms with E-state index in [0.717, 1.165) is 6.42 Å². The van der Waals surface area contributed by atoms with Gasteiger partial charge in [0, 0.05) is 6.42 Å². The molecule has 1 aromatic carbocycles. The number of amides is 1. The third-order valence-electron chi connectivity index (χ3n) is 2.57. The van der Waals surface area contributed by atoms with E-state index in [-0.39, 0.29) is 11.9 Å². The molecule has 88 valence electrons. The quantitative estimate of drug-likeness (QED) is 0.809. The highest BCUT2D eigenvalue weighted by Crippen LogP contribution is 2.20. The molecule has 0 bridgehead atoms. The van der Waals surface area contributed by atoms with Crippen molar-refractivity contribution in [2.24, 2.45) is 5.92 Å². The van der Waals surface area contributed by atoms with Crippen LogP contribution in [-0.2, 0) is 4.79 Å². The van der Waals surface area contributed by atoms with Gasteiger partial charge in [0.25, 0.3) is 0 Å². The van der Waals surface area contributed by atoms with Crippen LogP contribution in [0.4, 0.5) is 0 Å². The van der Waals surface area contributed by atoms with Gasteiger partial charge in [0.05, 0.1) is 6.04 Å². The summed E-state index contributed by atoms with van der Waals surface area (Å²) in [5.41, 5.74) is 1.19. The van der Waals surface area contributed by atoms with E-state index in [1.807, 2.05) is 25.1 Å². The predicted octanol–water partition coefficient (Wildman–Crippen LogP) is 3.30. The zero-order valence-corrected chi connectivity index (χ0v) is 10.4. The fourth-order valence-electron chi connectivity index (χ4n) is 1.73. The maximum absolute atomic E-state index is 11.5. The number of nitrogens with one attached hydrogen (secondary N) is 1. The number of carbonyl (C=O) groups excluding carboxylic acids is 1. The average Bonchev–Trinajstić information content (AvgIpc) is 2.28. The van der Waals surface area contributed by atoms with Crippen molar-refractivity contribution in [1.29, 1.82) is 0 Å². The van der Waals surface area contributed by atoms with Crippen molar-refractivity contribution in [3.8, 4) is 0 Å². The summed E-state index contributed by atoms with van der Waals surface area (Å²) in [7, 11) is 0. The average molecular weight is 219 g/mol. The van der Waals surface area contributed by atoms with Crippen molar-refractivity contribution in [3.05, 3.63) is 35.9 Å². The Balaban J connectivity index is 2.75. The molecule has 0 radical (unpaired) electrons. The Labute approximate surface area is 98.1 Å². The Morgan fingerprint density at radius 1 is 1.25 bits per heavy atom. The molecular formula is C14H21NO. The third kappa shape index (κ3) is 4.05. The van der Waals surface area contributed by atoms with Crippen LogP contribution in [0.15, 0.2) is 30.3 Å². The zero-order valence-electron chi connectivity index (χ0n) is 10.4. The molecule has 2 heteroatoms. The molecule has 0 unspecified atom stereocenters. The molecule has 1 N–H and O–H groups in total. The van der Waals surface area contributed by atoms with Gasteiger partial charge in [0.15, 0.2) is 0 Å². The van der Waals surface area contributed by atoms with E-state index in [0.29, 0.717) is 12.3 Å². The summed E-state index contributed by atoms with van der Waals surface area (Å²) in [6.07, 6.45) is 1.52. The van der Waals surface area contributed by atoms with Gasteiger partial charge in [0.1, 0.15) is 0 Å². The van der Waals surface area contributed by atoms with Gasteiger partial charge in [-0.25, -0.2) is 0 Å². The molecule has 1 rings (SSSR count). The van der Waals surface area contributed by atoms with Crippen LogP contribution in [0.25, 0.3) is 0 Å². The van der Waals surface area contributed by atoms with Crippen molar-refractivity contribution >= 4 is 5.91 Å². The minimum absolute atomic E-state index is 0.120. The Morgan fingerprint density at radius 2 is 1.88 bits per heavy atom. The van der Waals surface area contributed by atoms with Crippen molar-refractivity contribution in [3.63, 3.8) is 0 Å². The summed E-state index contributed by atoms with van der Waals surface area (Å²) in [6.45, 7) is 6.23. The lowest BCUT2D eigenvalue weighted by Gasteiger charge is -2.20. The fraction of sp³-hybridized carbons (Fsp3) is 0.500. The second kappa shape index (κ2) is 6.31. The Kier molecular flexibility index (Phi) is 5.03. The molecule has 16 heavy (non-hydrogen) atoms. The first-order chi connectivity index (χ1) is 7.63. The number of hydrogen-bond donors (Lipinski definition) is 1. The highest BCUT2D eigenvalue weighted by Gasteiger charge is 2.14. The number of carbonyl (C=O) groups is 1. The molecule has 0 heterocycles. The summed E-state index contributed by atoms with van der Waals surface area (Å²) < 4.78 is 0. The van der Waals surface area contributed by atoms with Gasteiger partial charge >= 0.3 is 0 Å². The minimum Gasteiger partial charge on any atom is -0.349 e. The van der Waals surface area contributed by atoms with Crippen LogP contribution >= 0.6 is 0 Å². The Morgan fingerprint density at radius 3 is 2.38 bits per heavy atom. The van der Waals surface area contributed by atoms with Gasteiger partial charge in [-0.2, -0.15) is 0 Å². The highest BCUT2D eigenvalue weighted by atomic mass is 16.1. The van der Waals surface area contributed by atoms with Gasteiger partial charge in [-0.15, -0.1) is 0 Å². The lowest BCUT2D eigenvalue weighted by Crippen LogP contribution is -2.28. The number of benzene rings is 1. The summed E-state index contributed by atoms with van der Waals surface area (Å²) >= 11 is 0. The van der Waals surface area contributed by atoms with E-state index in [2.05, 4.69) is 31.3 Å². The third-order valence-corrected chi connectivity index (χ3v) is 2.57. The van der Waals surface area contributed by atoms with Crippen LogP contribution in [-0.4, -0.2) is 5.91 Å². The molecule has 1 aromatic rings. The summed E-state index contributed by atoms with van der Waals surface area (Å²) in [5.74, 6) is 0.692. The molecule has 0 aromatic heterocycles. The van der Waals surface area contributed by atoms with Crippen LogP contribution < -0.4 is 5.32 Å². The van der Waals surface area contributed by atoms with Crippen molar-refractivity contribution < 1.29 is 4.79 Å². The molecule has 0 saturated carbocycles. The first-order valence-electron chi connectivity index (χ1n) is 5.97. The van der Waals surface area contributed by atoms with Gasteiger partial charge < -0.3 is 5.32 Å². The van der Waals surface area contributed by atoms with Crippen molar-refractivity contribution in [1.82, 2.24) is 5.32 Å². The van der Waals surface area contributed by atoms with E-state index in [4.69, 9.17) is 0 Å². The second-order valence-corrected chi connectivity index (χ2v) is 4.51. The van der Waals surface area contributed by atoms with E-state index in [9.17, 15) is 4.79 Å². The molecule has 0 saturated heterocycles.